The van der Waals surface area contributed by atoms with Crippen molar-refractivity contribution in [2.45, 2.75) is 6.17 Å². The van der Waals surface area contributed by atoms with Crippen LogP contribution in [0.2, 0.25) is 0 Å². The molecule has 0 bridgehead atoms. The molecule has 0 spiro atoms. The monoisotopic (exact) mass is 753 g/mol. The highest BCUT2D eigenvalue weighted by Gasteiger charge is 2.25. The highest BCUT2D eigenvalue weighted by atomic mass is 16.3. The zero-order chi connectivity index (χ0) is 38.9. The molecule has 0 radical (unpaired) electrons. The average molecular weight is 754 g/mol. The lowest BCUT2D eigenvalue weighted by Gasteiger charge is -2.24. The SMILES string of the molecule is c1ccc2cc(C3=NC(c4ccc(-c5ccc6ccccc6c5)cc4)NC(c4cc(-c5ccc6ccc7ccccc7c6c5)cc5oc6ccccc6c45)=N3)ccc2c1. The van der Waals surface area contributed by atoms with E-state index in [0.717, 1.165) is 66.5 Å². The van der Waals surface area contributed by atoms with Crippen LogP contribution in [0.1, 0.15) is 22.9 Å². The standard InChI is InChI=1S/C55H35N3O/c1-3-12-40-29-42(26-19-34(40)9-1)36-17-24-39(25-18-36)53-56-54(44-28-20-35-10-2-4-13-41(35)30-44)58-55(57-53)49-32-45(33-51-52(49)47-15-7-8-16-50(47)59-51)43-27-23-38-22-21-37-11-5-6-14-46(37)48(38)31-43/h1-33,53H,(H,56,57,58). The van der Waals surface area contributed by atoms with Crippen molar-refractivity contribution < 1.29 is 4.42 Å². The van der Waals surface area contributed by atoms with Crippen molar-refractivity contribution in [2.75, 3.05) is 0 Å². The van der Waals surface area contributed by atoms with Crippen molar-refractivity contribution in [3.05, 3.63) is 217 Å². The first-order valence-corrected chi connectivity index (χ1v) is 20.1. The Balaban J connectivity index is 1.03. The van der Waals surface area contributed by atoms with E-state index in [2.05, 4.69) is 193 Å². The van der Waals surface area contributed by atoms with Gasteiger partial charge in [0.15, 0.2) is 5.84 Å². The molecule has 12 rings (SSSR count). The van der Waals surface area contributed by atoms with Gasteiger partial charge in [-0.1, -0.05) is 164 Å². The summed E-state index contributed by atoms with van der Waals surface area (Å²) in [6, 6.07) is 71.3. The topological polar surface area (TPSA) is 49.9 Å². The molecule has 1 aliphatic rings. The molecule has 1 unspecified atom stereocenters. The molecule has 0 fully saturated rings. The average Bonchev–Trinajstić information content (AvgIpc) is 3.69. The predicted octanol–water partition coefficient (Wildman–Crippen LogP) is 14.0. The summed E-state index contributed by atoms with van der Waals surface area (Å²) in [6.45, 7) is 0. The van der Waals surface area contributed by atoms with Crippen molar-refractivity contribution in [3.63, 3.8) is 0 Å². The second kappa shape index (κ2) is 13.4. The van der Waals surface area contributed by atoms with Gasteiger partial charge >= 0.3 is 0 Å². The highest BCUT2D eigenvalue weighted by Crippen LogP contribution is 2.38. The van der Waals surface area contributed by atoms with E-state index in [0.29, 0.717) is 5.84 Å². The first kappa shape index (κ1) is 33.3. The molecule has 0 saturated heterocycles. The van der Waals surface area contributed by atoms with Gasteiger partial charge in [-0.2, -0.15) is 0 Å². The molecule has 276 valence electrons. The normalized spacial score (nSPS) is 14.3. The lowest BCUT2D eigenvalue weighted by atomic mass is 9.94. The summed E-state index contributed by atoms with van der Waals surface area (Å²) in [5.41, 5.74) is 9.13. The Labute approximate surface area is 340 Å². The van der Waals surface area contributed by atoms with Crippen LogP contribution in [0, 0.1) is 0 Å². The largest absolute Gasteiger partial charge is 0.456 e. The Bertz CT molecular complexity index is 3540. The number of aliphatic imine (C=N–C) groups is 2. The summed E-state index contributed by atoms with van der Waals surface area (Å²) in [5, 5.41) is 15.6. The number of amidine groups is 2. The minimum atomic E-state index is -0.390. The van der Waals surface area contributed by atoms with Crippen LogP contribution in [0.4, 0.5) is 0 Å². The van der Waals surface area contributed by atoms with Gasteiger partial charge in [-0.15, -0.1) is 0 Å². The second-order valence-corrected chi connectivity index (χ2v) is 15.4. The van der Waals surface area contributed by atoms with E-state index in [9.17, 15) is 0 Å². The lowest BCUT2D eigenvalue weighted by Crippen LogP contribution is -2.33. The maximum Gasteiger partial charge on any atom is 0.159 e. The molecule has 0 aliphatic carbocycles. The van der Waals surface area contributed by atoms with Gasteiger partial charge in [-0.25, -0.2) is 9.98 Å². The van der Waals surface area contributed by atoms with E-state index >= 15 is 0 Å². The summed E-state index contributed by atoms with van der Waals surface area (Å²) >= 11 is 0. The molecule has 1 atom stereocenters. The van der Waals surface area contributed by atoms with Crippen LogP contribution >= 0.6 is 0 Å². The van der Waals surface area contributed by atoms with Gasteiger partial charge in [0, 0.05) is 21.9 Å². The zero-order valence-electron chi connectivity index (χ0n) is 31.9. The number of rotatable bonds is 5. The van der Waals surface area contributed by atoms with Crippen LogP contribution in [0.5, 0.6) is 0 Å². The fourth-order valence-corrected chi connectivity index (χ4v) is 8.83. The first-order chi connectivity index (χ1) is 29.2. The summed E-state index contributed by atoms with van der Waals surface area (Å²) < 4.78 is 6.64. The third-order valence-corrected chi connectivity index (χ3v) is 11.9. The molecule has 0 amide bonds. The fraction of sp³-hybridized carbons (Fsp3) is 0.0182. The number of nitrogens with zero attached hydrogens (tertiary/aromatic N) is 2. The number of nitrogens with one attached hydrogen (secondary N) is 1. The summed E-state index contributed by atoms with van der Waals surface area (Å²) in [5.74, 6) is 1.42. The molecule has 11 aromatic rings. The van der Waals surface area contributed by atoms with Gasteiger partial charge in [0.1, 0.15) is 23.2 Å². The summed E-state index contributed by atoms with van der Waals surface area (Å²) in [7, 11) is 0. The predicted molar refractivity (Wildman–Crippen MR) is 246 cm³/mol. The van der Waals surface area contributed by atoms with Crippen molar-refractivity contribution in [3.8, 4) is 22.3 Å². The van der Waals surface area contributed by atoms with Gasteiger partial charge in [0.25, 0.3) is 0 Å². The molecule has 1 N–H and O–H groups in total. The maximum atomic E-state index is 6.64. The van der Waals surface area contributed by atoms with E-state index in [1.807, 2.05) is 12.1 Å². The Morgan fingerprint density at radius 3 is 1.71 bits per heavy atom. The number of hydrogen-bond acceptors (Lipinski definition) is 4. The van der Waals surface area contributed by atoms with Crippen molar-refractivity contribution in [1.29, 1.82) is 0 Å². The number of fused-ring (bicyclic) bond motifs is 8. The molecule has 2 heterocycles. The Morgan fingerprint density at radius 2 is 0.949 bits per heavy atom. The fourth-order valence-electron chi connectivity index (χ4n) is 8.83. The molecule has 59 heavy (non-hydrogen) atoms. The Kier molecular flexibility index (Phi) is 7.57. The van der Waals surface area contributed by atoms with E-state index in [4.69, 9.17) is 14.4 Å². The van der Waals surface area contributed by atoms with Crippen molar-refractivity contribution in [1.82, 2.24) is 5.32 Å². The molecule has 1 aromatic heterocycles. The van der Waals surface area contributed by atoms with Crippen LogP contribution in [-0.2, 0) is 0 Å². The van der Waals surface area contributed by atoms with Crippen LogP contribution in [0.25, 0.3) is 87.3 Å². The number of para-hydroxylation sites is 1. The van der Waals surface area contributed by atoms with Crippen LogP contribution < -0.4 is 5.32 Å². The smallest absolute Gasteiger partial charge is 0.159 e. The molecule has 4 heteroatoms. The Morgan fingerprint density at radius 1 is 0.390 bits per heavy atom. The maximum absolute atomic E-state index is 6.64. The minimum absolute atomic E-state index is 0.390. The van der Waals surface area contributed by atoms with Crippen LogP contribution in [0.15, 0.2) is 215 Å². The van der Waals surface area contributed by atoms with E-state index in [-0.39, 0.29) is 0 Å². The first-order valence-electron chi connectivity index (χ1n) is 20.1. The molecular weight excluding hydrogens is 719 g/mol. The van der Waals surface area contributed by atoms with E-state index in [1.54, 1.807) is 0 Å². The number of benzene rings is 10. The second-order valence-electron chi connectivity index (χ2n) is 15.4. The molecule has 4 nitrogen and oxygen atoms in total. The van der Waals surface area contributed by atoms with Gasteiger partial charge in [-0.05, 0) is 107 Å². The molecule has 0 saturated carbocycles. The Hall–Kier alpha value is -7.82. The summed E-state index contributed by atoms with van der Waals surface area (Å²) in [6.07, 6.45) is -0.390. The van der Waals surface area contributed by atoms with Crippen molar-refractivity contribution in [2.24, 2.45) is 9.98 Å². The van der Waals surface area contributed by atoms with Crippen LogP contribution in [0.3, 0.4) is 0 Å². The highest BCUT2D eigenvalue weighted by molar-refractivity contribution is 6.23. The quantitative estimate of drug-likeness (QED) is 0.178. The summed E-state index contributed by atoms with van der Waals surface area (Å²) in [4.78, 5) is 10.7. The van der Waals surface area contributed by atoms with Gasteiger partial charge in [0.2, 0.25) is 0 Å². The molecular formula is C55H35N3O. The van der Waals surface area contributed by atoms with Crippen molar-refractivity contribution >= 4 is 76.7 Å². The zero-order valence-corrected chi connectivity index (χ0v) is 31.9. The van der Waals surface area contributed by atoms with E-state index in [1.165, 1.54) is 43.3 Å². The van der Waals surface area contributed by atoms with Gasteiger partial charge in [-0.3, -0.25) is 0 Å². The molecule has 10 aromatic carbocycles. The molecule has 1 aliphatic heterocycles. The van der Waals surface area contributed by atoms with E-state index < -0.39 is 6.17 Å². The lowest BCUT2D eigenvalue weighted by molar-refractivity contribution is 0.668. The van der Waals surface area contributed by atoms with Gasteiger partial charge in [0.05, 0.1) is 0 Å². The number of furan rings is 1. The van der Waals surface area contributed by atoms with Gasteiger partial charge < -0.3 is 9.73 Å². The minimum Gasteiger partial charge on any atom is -0.456 e. The third-order valence-electron chi connectivity index (χ3n) is 11.9. The van der Waals surface area contributed by atoms with Crippen LogP contribution in [-0.4, -0.2) is 11.7 Å². The third kappa shape index (κ3) is 5.76. The number of hydrogen-bond donors (Lipinski definition) is 1.